The molecule has 240 valence electrons. The summed E-state index contributed by atoms with van der Waals surface area (Å²) in [5.74, 6) is 1.60. The fourth-order valence-electron chi connectivity index (χ4n) is 5.14. The van der Waals surface area contributed by atoms with E-state index in [0.29, 0.717) is 37.6 Å². The lowest BCUT2D eigenvalue weighted by atomic mass is 9.92. The normalized spacial score (nSPS) is 27.3. The molecule has 0 radical (unpaired) electrons. The maximum absolute atomic E-state index is 12.8. The molecule has 2 saturated heterocycles. The second-order valence-corrected chi connectivity index (χ2v) is 12.6. The third kappa shape index (κ3) is 11.4. The third-order valence-electron chi connectivity index (χ3n) is 8.56. The second kappa shape index (κ2) is 18.4. The van der Waals surface area contributed by atoms with Gasteiger partial charge in [-0.05, 0) is 76.5 Å². The molecular formula is C34H59N3O5. The van der Waals surface area contributed by atoms with Crippen LogP contribution in [-0.4, -0.2) is 78.8 Å². The predicted molar refractivity (Wildman–Crippen MR) is 169 cm³/mol. The minimum absolute atomic E-state index is 0.0467. The Bertz CT molecular complexity index is 933. The average Bonchev–Trinajstić information content (AvgIpc) is 3.43. The van der Waals surface area contributed by atoms with Gasteiger partial charge in [-0.15, -0.1) is 0 Å². The van der Waals surface area contributed by atoms with E-state index >= 15 is 0 Å². The van der Waals surface area contributed by atoms with Crippen molar-refractivity contribution in [3.05, 3.63) is 35.3 Å². The van der Waals surface area contributed by atoms with Crippen LogP contribution >= 0.6 is 0 Å². The van der Waals surface area contributed by atoms with Gasteiger partial charge in [0, 0.05) is 37.6 Å². The first-order valence-corrected chi connectivity index (χ1v) is 16.3. The van der Waals surface area contributed by atoms with Crippen LogP contribution in [0.4, 0.5) is 0 Å². The fraction of sp³-hybridized carbons (Fsp3) is 0.765. The van der Waals surface area contributed by atoms with Crippen molar-refractivity contribution < 1.29 is 23.9 Å². The number of ether oxygens (including phenoxy) is 2. The second-order valence-electron chi connectivity index (χ2n) is 12.6. The van der Waals surface area contributed by atoms with Crippen LogP contribution in [0.15, 0.2) is 35.3 Å². The molecular weight excluding hydrogens is 530 g/mol. The maximum atomic E-state index is 12.8. The summed E-state index contributed by atoms with van der Waals surface area (Å²) in [5.41, 5.74) is 2.24. The van der Waals surface area contributed by atoms with Crippen molar-refractivity contribution in [1.29, 1.82) is 0 Å². The molecule has 0 aromatic carbocycles. The van der Waals surface area contributed by atoms with Gasteiger partial charge in [0.25, 0.3) is 5.91 Å². The number of allylic oxidation sites excluding steroid dienone is 4. The topological polar surface area (TPSA) is 71.6 Å². The fourth-order valence-corrected chi connectivity index (χ4v) is 5.14. The Morgan fingerprint density at radius 2 is 1.81 bits per heavy atom. The van der Waals surface area contributed by atoms with Crippen LogP contribution < -0.4 is 0 Å². The zero-order valence-corrected chi connectivity index (χ0v) is 27.9. The summed E-state index contributed by atoms with van der Waals surface area (Å²) in [5, 5.41) is 1.55. The monoisotopic (exact) mass is 589 g/mol. The number of carbonyl (C=O) groups is 2. The summed E-state index contributed by atoms with van der Waals surface area (Å²) >= 11 is 0. The smallest absolute Gasteiger partial charge is 0.260 e. The Morgan fingerprint density at radius 1 is 1.12 bits per heavy atom. The standard InChI is InChI=1S/C22H36N2O4.C8H15NO.C4H8/c1-6-9-24(28-10-7-2)22(25)15-23-14-21(13-18(23)4)20-8-11-26-16-27-19(5)17(3)12-20;1-4-9-6-5-8(2,3)7(9)10;1-2-4-3-1/h8,11-12,18,21H,6-7,9-10,13-16H2,1-5H3;4-6H2,1-3H3;1-4H2/b11-8+,19-17+,20-12+;;/t18-,21+;;/m0../s1. The Hall–Kier alpha value is -2.32. The highest BCUT2D eigenvalue weighted by Gasteiger charge is 2.37. The van der Waals surface area contributed by atoms with Crippen molar-refractivity contribution in [3.8, 4) is 0 Å². The molecule has 0 unspecified atom stereocenters. The van der Waals surface area contributed by atoms with Crippen LogP contribution in [0.25, 0.3) is 0 Å². The van der Waals surface area contributed by atoms with Gasteiger partial charge in [0.2, 0.25) is 12.7 Å². The lowest BCUT2D eigenvalue weighted by molar-refractivity contribution is -0.187. The molecule has 3 aliphatic heterocycles. The summed E-state index contributed by atoms with van der Waals surface area (Å²) in [6.45, 7) is 20.9. The number of amides is 2. The molecule has 1 saturated carbocycles. The number of rotatable bonds is 9. The van der Waals surface area contributed by atoms with E-state index in [1.54, 1.807) is 11.3 Å². The molecule has 3 fully saturated rings. The Morgan fingerprint density at radius 3 is 2.33 bits per heavy atom. The van der Waals surface area contributed by atoms with Crippen molar-refractivity contribution >= 4 is 11.8 Å². The van der Waals surface area contributed by atoms with E-state index < -0.39 is 0 Å². The van der Waals surface area contributed by atoms with Gasteiger partial charge in [-0.2, -0.15) is 0 Å². The van der Waals surface area contributed by atoms with Gasteiger partial charge < -0.3 is 14.4 Å². The van der Waals surface area contributed by atoms with Crippen molar-refractivity contribution in [2.75, 3.05) is 46.1 Å². The number of carbonyl (C=O) groups excluding carboxylic acids is 2. The summed E-state index contributed by atoms with van der Waals surface area (Å²) in [4.78, 5) is 34.0. The number of likely N-dealkylation sites (tertiary alicyclic amines) is 2. The Balaban J connectivity index is 0.000000357. The van der Waals surface area contributed by atoms with E-state index in [9.17, 15) is 9.59 Å². The molecule has 4 aliphatic rings. The quantitative estimate of drug-likeness (QED) is 0.274. The van der Waals surface area contributed by atoms with Gasteiger partial charge in [0.15, 0.2) is 0 Å². The SMILES string of the molecule is C1CCC1.CCCON(CCC)C(=O)CN1C[C@H](C2=C/C(C)=C(\C)OCO\C=C\2)C[C@@H]1C.CCN1CCC(C)(C)C1=O. The first kappa shape index (κ1) is 35.9. The van der Waals surface area contributed by atoms with E-state index in [1.165, 1.54) is 31.3 Å². The molecule has 8 nitrogen and oxygen atoms in total. The molecule has 0 aromatic rings. The molecule has 3 heterocycles. The van der Waals surface area contributed by atoms with Crippen LogP contribution in [0.2, 0.25) is 0 Å². The number of hydroxylamine groups is 2. The van der Waals surface area contributed by atoms with E-state index in [1.807, 2.05) is 45.6 Å². The largest absolute Gasteiger partial charge is 0.465 e. The van der Waals surface area contributed by atoms with Gasteiger partial charge in [0.1, 0.15) is 5.76 Å². The highest BCUT2D eigenvalue weighted by Crippen LogP contribution is 2.31. The van der Waals surface area contributed by atoms with Crippen LogP contribution in [-0.2, 0) is 23.9 Å². The van der Waals surface area contributed by atoms with Gasteiger partial charge in [-0.1, -0.05) is 59.5 Å². The molecule has 1 aliphatic carbocycles. The molecule has 4 rings (SSSR count). The molecule has 2 amide bonds. The molecule has 8 heteroatoms. The molecule has 2 atom stereocenters. The molecule has 42 heavy (non-hydrogen) atoms. The molecule has 0 aromatic heterocycles. The maximum Gasteiger partial charge on any atom is 0.260 e. The van der Waals surface area contributed by atoms with Crippen LogP contribution in [0, 0.1) is 11.3 Å². The molecule has 0 spiro atoms. The third-order valence-corrected chi connectivity index (χ3v) is 8.56. The predicted octanol–water partition coefficient (Wildman–Crippen LogP) is 6.84. The van der Waals surface area contributed by atoms with Crippen molar-refractivity contribution in [2.24, 2.45) is 11.3 Å². The van der Waals surface area contributed by atoms with Crippen LogP contribution in [0.1, 0.15) is 107 Å². The minimum atomic E-state index is -0.0873. The highest BCUT2D eigenvalue weighted by molar-refractivity contribution is 5.83. The summed E-state index contributed by atoms with van der Waals surface area (Å²) in [6.07, 6.45) is 15.7. The Kier molecular flexibility index (Phi) is 15.7. The van der Waals surface area contributed by atoms with Crippen molar-refractivity contribution in [1.82, 2.24) is 14.9 Å². The molecule has 0 bridgehead atoms. The highest BCUT2D eigenvalue weighted by atomic mass is 16.7. The number of nitrogens with zero attached hydrogens (tertiary/aromatic N) is 3. The summed E-state index contributed by atoms with van der Waals surface area (Å²) in [7, 11) is 0. The van der Waals surface area contributed by atoms with Gasteiger partial charge in [-0.25, -0.2) is 5.06 Å². The Labute approximate surface area is 256 Å². The first-order valence-electron chi connectivity index (χ1n) is 16.3. The zero-order chi connectivity index (χ0) is 31.1. The number of hydrogen-bond donors (Lipinski definition) is 0. The van der Waals surface area contributed by atoms with Gasteiger partial charge >= 0.3 is 0 Å². The van der Waals surface area contributed by atoms with E-state index in [4.69, 9.17) is 14.3 Å². The van der Waals surface area contributed by atoms with E-state index in [-0.39, 0.29) is 18.1 Å². The first-order chi connectivity index (χ1) is 20.0. The minimum Gasteiger partial charge on any atom is -0.465 e. The van der Waals surface area contributed by atoms with Gasteiger partial charge in [-0.3, -0.25) is 19.3 Å². The van der Waals surface area contributed by atoms with Crippen LogP contribution in [0.3, 0.4) is 0 Å². The zero-order valence-electron chi connectivity index (χ0n) is 27.9. The summed E-state index contributed by atoms with van der Waals surface area (Å²) < 4.78 is 11.0. The number of hydrogen-bond acceptors (Lipinski definition) is 6. The van der Waals surface area contributed by atoms with Gasteiger partial charge in [0.05, 0.1) is 19.4 Å². The lowest BCUT2D eigenvalue weighted by Crippen LogP contribution is -2.42. The summed E-state index contributed by atoms with van der Waals surface area (Å²) in [6, 6.07) is 0.341. The van der Waals surface area contributed by atoms with Crippen molar-refractivity contribution in [3.63, 3.8) is 0 Å². The average molecular weight is 590 g/mol. The van der Waals surface area contributed by atoms with E-state index in [2.05, 4.69) is 31.7 Å². The van der Waals surface area contributed by atoms with Crippen LogP contribution in [0.5, 0.6) is 0 Å². The van der Waals surface area contributed by atoms with E-state index in [0.717, 1.165) is 56.6 Å². The lowest BCUT2D eigenvalue weighted by Gasteiger charge is -2.26. The molecule has 0 N–H and O–H groups in total. The van der Waals surface area contributed by atoms with Crippen molar-refractivity contribution in [2.45, 2.75) is 113 Å².